The number of amides is 1. The molecule has 1 aliphatic rings. The van der Waals surface area contributed by atoms with Crippen molar-refractivity contribution in [3.05, 3.63) is 17.5 Å². The van der Waals surface area contributed by atoms with Gasteiger partial charge in [0.1, 0.15) is 0 Å². The third-order valence-corrected chi connectivity index (χ3v) is 3.07. The number of nitrogens with zero attached hydrogens (tertiary/aromatic N) is 3. The van der Waals surface area contributed by atoms with Crippen molar-refractivity contribution in [2.24, 2.45) is 7.05 Å². The second kappa shape index (κ2) is 5.49. The summed E-state index contributed by atoms with van der Waals surface area (Å²) in [6, 6.07) is 0. The number of carbonyl (C=O) groups excluding carboxylic acids is 1. The Morgan fingerprint density at radius 1 is 1.72 bits per heavy atom. The van der Waals surface area contributed by atoms with Gasteiger partial charge in [-0.25, -0.2) is 0 Å². The molecular formula is C12H20N4O2. The van der Waals surface area contributed by atoms with Crippen LogP contribution in [0.4, 0.5) is 0 Å². The molecule has 0 radical (unpaired) electrons. The van der Waals surface area contributed by atoms with E-state index in [0.29, 0.717) is 18.7 Å². The first-order chi connectivity index (χ1) is 8.58. The normalized spacial score (nSPS) is 19.8. The number of likely N-dealkylation sites (N-methyl/N-ethyl adjacent to an activating group) is 1. The van der Waals surface area contributed by atoms with E-state index in [1.54, 1.807) is 22.8 Å². The second-order valence-electron chi connectivity index (χ2n) is 4.68. The Kier molecular flexibility index (Phi) is 3.98. The number of nitrogens with one attached hydrogen (secondary N) is 1. The van der Waals surface area contributed by atoms with Crippen LogP contribution in [0.2, 0.25) is 0 Å². The lowest BCUT2D eigenvalue weighted by molar-refractivity contribution is 0.0103. The Morgan fingerprint density at radius 3 is 3.06 bits per heavy atom. The van der Waals surface area contributed by atoms with Gasteiger partial charge in [0.25, 0.3) is 5.91 Å². The third-order valence-electron chi connectivity index (χ3n) is 3.07. The molecule has 1 aromatic heterocycles. The van der Waals surface area contributed by atoms with E-state index in [-0.39, 0.29) is 12.0 Å². The first-order valence-corrected chi connectivity index (χ1v) is 6.16. The van der Waals surface area contributed by atoms with Crippen molar-refractivity contribution in [3.8, 4) is 0 Å². The average molecular weight is 252 g/mol. The summed E-state index contributed by atoms with van der Waals surface area (Å²) in [7, 11) is 3.62. The molecule has 1 fully saturated rings. The lowest BCUT2D eigenvalue weighted by atomic mass is 10.2. The van der Waals surface area contributed by atoms with Crippen LogP contribution in [-0.4, -0.2) is 60.0 Å². The van der Waals surface area contributed by atoms with Gasteiger partial charge in [-0.3, -0.25) is 9.48 Å². The van der Waals surface area contributed by atoms with Crippen LogP contribution >= 0.6 is 0 Å². The summed E-state index contributed by atoms with van der Waals surface area (Å²) >= 11 is 0. The molecule has 1 amide bonds. The largest absolute Gasteiger partial charge is 0.374 e. The van der Waals surface area contributed by atoms with Gasteiger partial charge in [-0.2, -0.15) is 5.10 Å². The smallest absolute Gasteiger partial charge is 0.257 e. The molecule has 0 saturated carbocycles. The van der Waals surface area contributed by atoms with Gasteiger partial charge in [0.15, 0.2) is 0 Å². The average Bonchev–Trinajstić information content (AvgIpc) is 2.68. The Bertz CT molecular complexity index is 424. The van der Waals surface area contributed by atoms with Gasteiger partial charge in [-0.1, -0.05) is 0 Å². The van der Waals surface area contributed by atoms with Gasteiger partial charge in [-0.15, -0.1) is 0 Å². The Balaban J connectivity index is 1.97. The molecule has 1 aromatic rings. The first kappa shape index (κ1) is 13.0. The number of rotatable bonds is 3. The summed E-state index contributed by atoms with van der Waals surface area (Å²) in [5, 5.41) is 7.44. The summed E-state index contributed by atoms with van der Waals surface area (Å²) < 4.78 is 7.25. The van der Waals surface area contributed by atoms with E-state index in [4.69, 9.17) is 4.74 Å². The van der Waals surface area contributed by atoms with E-state index >= 15 is 0 Å². The van der Waals surface area contributed by atoms with Crippen LogP contribution in [-0.2, 0) is 11.8 Å². The molecule has 1 atom stereocenters. The van der Waals surface area contributed by atoms with E-state index in [1.807, 2.05) is 14.0 Å². The minimum absolute atomic E-state index is 0.00484. The molecule has 0 bridgehead atoms. The molecule has 2 rings (SSSR count). The maximum absolute atomic E-state index is 12.2. The number of hydrogen-bond donors (Lipinski definition) is 1. The highest BCUT2D eigenvalue weighted by molar-refractivity contribution is 5.94. The maximum atomic E-state index is 12.2. The zero-order valence-corrected chi connectivity index (χ0v) is 11.1. The van der Waals surface area contributed by atoms with Crippen molar-refractivity contribution in [2.45, 2.75) is 13.0 Å². The third kappa shape index (κ3) is 2.88. The fraction of sp³-hybridized carbons (Fsp3) is 0.667. The van der Waals surface area contributed by atoms with E-state index < -0.39 is 0 Å². The van der Waals surface area contributed by atoms with Crippen LogP contribution in [0.1, 0.15) is 16.1 Å². The molecule has 1 unspecified atom stereocenters. The second-order valence-corrected chi connectivity index (χ2v) is 4.68. The number of aryl methyl sites for hydroxylation is 2. The van der Waals surface area contributed by atoms with E-state index in [1.165, 1.54) is 0 Å². The summed E-state index contributed by atoms with van der Waals surface area (Å²) in [6.45, 7) is 4.83. The van der Waals surface area contributed by atoms with Gasteiger partial charge in [0, 0.05) is 39.9 Å². The van der Waals surface area contributed by atoms with Crippen LogP contribution in [0.5, 0.6) is 0 Å². The molecule has 6 nitrogen and oxygen atoms in total. The predicted molar refractivity (Wildman–Crippen MR) is 67.5 cm³/mol. The minimum Gasteiger partial charge on any atom is -0.374 e. The van der Waals surface area contributed by atoms with Crippen molar-refractivity contribution < 1.29 is 9.53 Å². The molecule has 18 heavy (non-hydrogen) atoms. The molecule has 0 spiro atoms. The SMILES string of the molecule is Cc1nn(C)cc1C(=O)N(C)CC1CNCCO1. The fourth-order valence-corrected chi connectivity index (χ4v) is 2.14. The topological polar surface area (TPSA) is 59.4 Å². The van der Waals surface area contributed by atoms with E-state index in [2.05, 4.69) is 10.4 Å². The Morgan fingerprint density at radius 2 is 2.50 bits per heavy atom. The minimum atomic E-state index is -0.00484. The molecular weight excluding hydrogens is 232 g/mol. The quantitative estimate of drug-likeness (QED) is 0.808. The lowest BCUT2D eigenvalue weighted by Gasteiger charge is -2.27. The van der Waals surface area contributed by atoms with Crippen LogP contribution in [0.3, 0.4) is 0 Å². The van der Waals surface area contributed by atoms with Crippen LogP contribution in [0.15, 0.2) is 6.20 Å². The van der Waals surface area contributed by atoms with Crippen LogP contribution < -0.4 is 5.32 Å². The van der Waals surface area contributed by atoms with Gasteiger partial charge in [0.2, 0.25) is 0 Å². The van der Waals surface area contributed by atoms with Gasteiger partial charge in [-0.05, 0) is 6.92 Å². The molecule has 6 heteroatoms. The Hall–Kier alpha value is -1.40. The van der Waals surface area contributed by atoms with E-state index in [0.717, 1.165) is 18.8 Å². The zero-order valence-electron chi connectivity index (χ0n) is 11.1. The number of morpholine rings is 1. The highest BCUT2D eigenvalue weighted by Crippen LogP contribution is 2.09. The van der Waals surface area contributed by atoms with Crippen molar-refractivity contribution >= 4 is 5.91 Å². The summed E-state index contributed by atoms with van der Waals surface area (Å²) in [5.74, 6) is -0.00484. The molecule has 1 N–H and O–H groups in total. The highest BCUT2D eigenvalue weighted by Gasteiger charge is 2.21. The summed E-state index contributed by atoms with van der Waals surface area (Å²) in [5.41, 5.74) is 1.42. The predicted octanol–water partition coefficient (Wildman–Crippen LogP) is -0.211. The van der Waals surface area contributed by atoms with Crippen LogP contribution in [0.25, 0.3) is 0 Å². The van der Waals surface area contributed by atoms with Crippen LogP contribution in [0, 0.1) is 6.92 Å². The van der Waals surface area contributed by atoms with Crippen molar-refractivity contribution in [1.29, 1.82) is 0 Å². The number of hydrogen-bond acceptors (Lipinski definition) is 4. The van der Waals surface area contributed by atoms with Crippen molar-refractivity contribution in [1.82, 2.24) is 20.0 Å². The summed E-state index contributed by atoms with van der Waals surface area (Å²) in [4.78, 5) is 13.9. The molecule has 0 aliphatic carbocycles. The zero-order chi connectivity index (χ0) is 13.1. The molecule has 0 aromatic carbocycles. The Labute approximate surface area is 107 Å². The molecule has 2 heterocycles. The molecule has 1 saturated heterocycles. The van der Waals surface area contributed by atoms with Gasteiger partial charge in [0.05, 0.1) is 24.0 Å². The maximum Gasteiger partial charge on any atom is 0.257 e. The van der Waals surface area contributed by atoms with Crippen molar-refractivity contribution in [2.75, 3.05) is 33.3 Å². The standard InChI is InChI=1S/C12H20N4O2/c1-9-11(8-16(3)14-9)12(17)15(2)7-10-6-13-4-5-18-10/h8,10,13H,4-7H2,1-3H3. The van der Waals surface area contributed by atoms with Gasteiger partial charge >= 0.3 is 0 Å². The highest BCUT2D eigenvalue weighted by atomic mass is 16.5. The molecule has 1 aliphatic heterocycles. The lowest BCUT2D eigenvalue weighted by Crippen LogP contribution is -2.45. The first-order valence-electron chi connectivity index (χ1n) is 6.16. The fourth-order valence-electron chi connectivity index (χ4n) is 2.14. The summed E-state index contributed by atoms with van der Waals surface area (Å²) in [6.07, 6.45) is 1.83. The van der Waals surface area contributed by atoms with Gasteiger partial charge < -0.3 is 15.0 Å². The number of carbonyl (C=O) groups is 1. The number of aromatic nitrogens is 2. The van der Waals surface area contributed by atoms with E-state index in [9.17, 15) is 4.79 Å². The van der Waals surface area contributed by atoms with Crippen molar-refractivity contribution in [3.63, 3.8) is 0 Å². The molecule has 100 valence electrons. The monoisotopic (exact) mass is 252 g/mol. The number of ether oxygens (including phenoxy) is 1.